The summed E-state index contributed by atoms with van der Waals surface area (Å²) in [5.74, 6) is -0.0180. The number of aryl methyl sites for hydroxylation is 1. The van der Waals surface area contributed by atoms with Crippen molar-refractivity contribution in [2.45, 2.75) is 6.92 Å². The standard InChI is InChI=1S/C16H17ClN2O/c1-12-7-6-10-14(17)16(12)18-11-15(20)19(2)13-8-4-3-5-9-13/h3-10,18H,11H2,1-2H3. The van der Waals surface area contributed by atoms with E-state index >= 15 is 0 Å². The highest BCUT2D eigenvalue weighted by Gasteiger charge is 2.11. The fourth-order valence-corrected chi connectivity index (χ4v) is 2.22. The summed E-state index contributed by atoms with van der Waals surface area (Å²) >= 11 is 6.12. The largest absolute Gasteiger partial charge is 0.375 e. The molecule has 0 radical (unpaired) electrons. The first kappa shape index (κ1) is 14.4. The lowest BCUT2D eigenvalue weighted by Crippen LogP contribution is -2.32. The van der Waals surface area contributed by atoms with Gasteiger partial charge in [0.05, 0.1) is 17.3 Å². The molecule has 20 heavy (non-hydrogen) atoms. The minimum Gasteiger partial charge on any atom is -0.375 e. The Morgan fingerprint density at radius 2 is 1.85 bits per heavy atom. The Morgan fingerprint density at radius 3 is 2.50 bits per heavy atom. The minimum absolute atomic E-state index is 0.0180. The van der Waals surface area contributed by atoms with Gasteiger partial charge in [-0.15, -0.1) is 0 Å². The highest BCUT2D eigenvalue weighted by atomic mass is 35.5. The predicted molar refractivity (Wildman–Crippen MR) is 84.5 cm³/mol. The lowest BCUT2D eigenvalue weighted by Gasteiger charge is -2.18. The van der Waals surface area contributed by atoms with Crippen LogP contribution in [0.2, 0.25) is 5.02 Å². The third-order valence-electron chi connectivity index (χ3n) is 3.16. The Kier molecular flexibility index (Phi) is 4.64. The highest BCUT2D eigenvalue weighted by Crippen LogP contribution is 2.25. The molecule has 0 unspecified atom stereocenters. The first-order valence-corrected chi connectivity index (χ1v) is 6.78. The van der Waals surface area contributed by atoms with Crippen molar-refractivity contribution in [1.29, 1.82) is 0 Å². The number of hydrogen-bond donors (Lipinski definition) is 1. The van der Waals surface area contributed by atoms with Crippen molar-refractivity contribution in [2.24, 2.45) is 0 Å². The Bertz CT molecular complexity index is 578. The monoisotopic (exact) mass is 288 g/mol. The van der Waals surface area contributed by atoms with E-state index in [1.807, 2.05) is 55.5 Å². The molecule has 1 amide bonds. The highest BCUT2D eigenvalue weighted by molar-refractivity contribution is 6.33. The van der Waals surface area contributed by atoms with Gasteiger partial charge in [-0.3, -0.25) is 4.79 Å². The van der Waals surface area contributed by atoms with Crippen molar-refractivity contribution in [3.8, 4) is 0 Å². The van der Waals surface area contributed by atoms with Gasteiger partial charge in [0.2, 0.25) is 5.91 Å². The fraction of sp³-hybridized carbons (Fsp3) is 0.188. The van der Waals surface area contributed by atoms with Gasteiger partial charge >= 0.3 is 0 Å². The van der Waals surface area contributed by atoms with Gasteiger partial charge in [-0.05, 0) is 30.7 Å². The van der Waals surface area contributed by atoms with Gasteiger partial charge in [-0.2, -0.15) is 0 Å². The Morgan fingerprint density at radius 1 is 1.15 bits per heavy atom. The normalized spacial score (nSPS) is 10.2. The number of rotatable bonds is 4. The van der Waals surface area contributed by atoms with Crippen LogP contribution in [0, 0.1) is 6.92 Å². The summed E-state index contributed by atoms with van der Waals surface area (Å²) in [5, 5.41) is 3.73. The van der Waals surface area contributed by atoms with Crippen molar-refractivity contribution in [1.82, 2.24) is 0 Å². The van der Waals surface area contributed by atoms with Crippen LogP contribution in [-0.2, 0) is 4.79 Å². The molecule has 0 aromatic heterocycles. The van der Waals surface area contributed by atoms with Gasteiger partial charge in [-0.1, -0.05) is 41.9 Å². The molecule has 2 aromatic rings. The first-order valence-electron chi connectivity index (χ1n) is 6.40. The molecule has 0 saturated carbocycles. The molecule has 2 rings (SSSR count). The first-order chi connectivity index (χ1) is 9.59. The lowest BCUT2D eigenvalue weighted by atomic mass is 10.2. The molecule has 0 aliphatic carbocycles. The molecule has 1 N–H and O–H groups in total. The van der Waals surface area contributed by atoms with Crippen molar-refractivity contribution in [2.75, 3.05) is 23.8 Å². The average Bonchev–Trinajstić information content (AvgIpc) is 2.46. The van der Waals surface area contributed by atoms with E-state index in [0.29, 0.717) is 5.02 Å². The Labute approximate surface area is 124 Å². The number of anilines is 2. The van der Waals surface area contributed by atoms with Crippen LogP contribution in [0.4, 0.5) is 11.4 Å². The van der Waals surface area contributed by atoms with E-state index in [4.69, 9.17) is 11.6 Å². The summed E-state index contributed by atoms with van der Waals surface area (Å²) in [6, 6.07) is 15.2. The number of likely N-dealkylation sites (N-methyl/N-ethyl adjacent to an activating group) is 1. The molecule has 3 nitrogen and oxygen atoms in total. The molecular formula is C16H17ClN2O. The molecule has 4 heteroatoms. The molecule has 0 fully saturated rings. The summed E-state index contributed by atoms with van der Waals surface area (Å²) < 4.78 is 0. The molecule has 0 aliphatic rings. The molecule has 0 spiro atoms. The van der Waals surface area contributed by atoms with E-state index in [0.717, 1.165) is 16.9 Å². The zero-order valence-electron chi connectivity index (χ0n) is 11.6. The van der Waals surface area contributed by atoms with Crippen LogP contribution in [0.15, 0.2) is 48.5 Å². The van der Waals surface area contributed by atoms with E-state index in [2.05, 4.69) is 5.32 Å². The molecule has 0 aliphatic heterocycles. The van der Waals surface area contributed by atoms with Crippen LogP contribution < -0.4 is 10.2 Å². The number of benzene rings is 2. The molecule has 0 saturated heterocycles. The second kappa shape index (κ2) is 6.44. The Balaban J connectivity index is 2.02. The average molecular weight is 289 g/mol. The number of nitrogens with zero attached hydrogens (tertiary/aromatic N) is 1. The summed E-state index contributed by atoms with van der Waals surface area (Å²) in [4.78, 5) is 13.8. The lowest BCUT2D eigenvalue weighted by molar-refractivity contribution is -0.116. The van der Waals surface area contributed by atoms with Crippen molar-refractivity contribution < 1.29 is 4.79 Å². The molecule has 0 heterocycles. The van der Waals surface area contributed by atoms with E-state index in [-0.39, 0.29) is 12.5 Å². The SMILES string of the molecule is Cc1cccc(Cl)c1NCC(=O)N(C)c1ccccc1. The van der Waals surface area contributed by atoms with Crippen molar-refractivity contribution >= 4 is 28.9 Å². The van der Waals surface area contributed by atoms with Crippen LogP contribution in [0.5, 0.6) is 0 Å². The number of carbonyl (C=O) groups is 1. The van der Waals surface area contributed by atoms with E-state index in [9.17, 15) is 4.79 Å². The maximum atomic E-state index is 12.2. The smallest absolute Gasteiger partial charge is 0.246 e. The van der Waals surface area contributed by atoms with Gasteiger partial charge < -0.3 is 10.2 Å². The topological polar surface area (TPSA) is 32.3 Å². The maximum absolute atomic E-state index is 12.2. The van der Waals surface area contributed by atoms with Gasteiger partial charge in [0.15, 0.2) is 0 Å². The molecule has 0 atom stereocenters. The summed E-state index contributed by atoms with van der Waals surface area (Å²) in [6.45, 7) is 2.16. The zero-order chi connectivity index (χ0) is 14.5. The third-order valence-corrected chi connectivity index (χ3v) is 3.47. The number of carbonyl (C=O) groups excluding carboxylic acids is 1. The number of para-hydroxylation sites is 2. The third kappa shape index (κ3) is 3.31. The molecule has 2 aromatic carbocycles. The molecule has 104 valence electrons. The maximum Gasteiger partial charge on any atom is 0.246 e. The summed E-state index contributed by atoms with van der Waals surface area (Å²) in [5.41, 5.74) is 2.70. The second-order valence-corrected chi connectivity index (χ2v) is 4.98. The number of amides is 1. The van der Waals surface area contributed by atoms with Gasteiger partial charge in [0, 0.05) is 12.7 Å². The van der Waals surface area contributed by atoms with Crippen molar-refractivity contribution in [3.05, 3.63) is 59.1 Å². The molecule has 0 bridgehead atoms. The van der Waals surface area contributed by atoms with Gasteiger partial charge in [0.1, 0.15) is 0 Å². The number of nitrogens with one attached hydrogen (secondary N) is 1. The van der Waals surface area contributed by atoms with E-state index in [1.165, 1.54) is 0 Å². The Hall–Kier alpha value is -2.00. The summed E-state index contributed by atoms with van der Waals surface area (Å²) in [7, 11) is 1.76. The van der Waals surface area contributed by atoms with Crippen LogP contribution in [0.25, 0.3) is 0 Å². The minimum atomic E-state index is -0.0180. The summed E-state index contributed by atoms with van der Waals surface area (Å²) in [6.07, 6.45) is 0. The van der Waals surface area contributed by atoms with E-state index < -0.39 is 0 Å². The number of halogens is 1. The van der Waals surface area contributed by atoms with E-state index in [1.54, 1.807) is 11.9 Å². The zero-order valence-corrected chi connectivity index (χ0v) is 12.3. The van der Waals surface area contributed by atoms with Gasteiger partial charge in [-0.25, -0.2) is 0 Å². The van der Waals surface area contributed by atoms with Gasteiger partial charge in [0.25, 0.3) is 0 Å². The fourth-order valence-electron chi connectivity index (χ4n) is 1.93. The second-order valence-electron chi connectivity index (χ2n) is 4.57. The molecular weight excluding hydrogens is 272 g/mol. The van der Waals surface area contributed by atoms with Crippen molar-refractivity contribution in [3.63, 3.8) is 0 Å². The predicted octanol–water partition coefficient (Wildman–Crippen LogP) is 3.72. The van der Waals surface area contributed by atoms with Crippen LogP contribution >= 0.6 is 11.6 Å². The quantitative estimate of drug-likeness (QED) is 0.930. The number of hydrogen-bond acceptors (Lipinski definition) is 2. The van der Waals surface area contributed by atoms with Crippen LogP contribution in [0.1, 0.15) is 5.56 Å². The van der Waals surface area contributed by atoms with Crippen LogP contribution in [-0.4, -0.2) is 19.5 Å². The van der Waals surface area contributed by atoms with Crippen LogP contribution in [0.3, 0.4) is 0 Å².